The van der Waals surface area contributed by atoms with Crippen molar-refractivity contribution in [1.82, 2.24) is 25.4 Å². The van der Waals surface area contributed by atoms with Crippen LogP contribution in [-0.2, 0) is 0 Å². The van der Waals surface area contributed by atoms with Crippen LogP contribution in [-0.4, -0.2) is 45.7 Å². The van der Waals surface area contributed by atoms with Crippen molar-refractivity contribution in [3.8, 4) is 0 Å². The molecule has 1 aromatic heterocycles. The molecule has 2 N–H and O–H groups in total. The lowest BCUT2D eigenvalue weighted by atomic mass is 9.91. The second kappa shape index (κ2) is 5.66. The Labute approximate surface area is 125 Å². The lowest BCUT2D eigenvalue weighted by Crippen LogP contribution is -2.38. The van der Waals surface area contributed by atoms with Gasteiger partial charge in [0.15, 0.2) is 5.82 Å². The van der Waals surface area contributed by atoms with Gasteiger partial charge in [-0.3, -0.25) is 5.10 Å². The monoisotopic (exact) mass is 291 g/mol. The molecule has 0 aromatic carbocycles. The molecule has 2 aliphatic rings. The van der Waals surface area contributed by atoms with Crippen molar-refractivity contribution >= 4 is 6.03 Å². The lowest BCUT2D eigenvalue weighted by Gasteiger charge is -2.16. The molecule has 6 nitrogen and oxygen atoms in total. The first kappa shape index (κ1) is 14.4. The van der Waals surface area contributed by atoms with E-state index in [9.17, 15) is 4.79 Å². The van der Waals surface area contributed by atoms with Gasteiger partial charge in [-0.1, -0.05) is 13.8 Å². The third-order valence-corrected chi connectivity index (χ3v) is 4.60. The number of carbonyl (C=O) groups excluding carboxylic acids is 1. The van der Waals surface area contributed by atoms with Gasteiger partial charge in [0.05, 0.1) is 0 Å². The first-order valence-corrected chi connectivity index (χ1v) is 8.05. The van der Waals surface area contributed by atoms with Crippen LogP contribution < -0.4 is 5.32 Å². The molecule has 0 unspecified atom stereocenters. The molecule has 0 bridgehead atoms. The van der Waals surface area contributed by atoms with Crippen molar-refractivity contribution in [3.05, 3.63) is 11.6 Å². The number of likely N-dealkylation sites (tertiary alicyclic amines) is 1. The zero-order chi connectivity index (χ0) is 15.0. The molecule has 0 spiro atoms. The number of aromatic nitrogens is 3. The number of nitrogens with zero attached hydrogens (tertiary/aromatic N) is 3. The first-order valence-electron chi connectivity index (χ1n) is 8.05. The van der Waals surface area contributed by atoms with Gasteiger partial charge in [-0.15, -0.1) is 0 Å². The van der Waals surface area contributed by atoms with Crippen LogP contribution in [0.15, 0.2) is 0 Å². The summed E-state index contributed by atoms with van der Waals surface area (Å²) in [7, 11) is 0. The summed E-state index contributed by atoms with van der Waals surface area (Å²) in [6.07, 6.45) is 2.57. The van der Waals surface area contributed by atoms with Crippen LogP contribution in [0.5, 0.6) is 0 Å². The number of amides is 2. The van der Waals surface area contributed by atoms with Crippen LogP contribution in [0.4, 0.5) is 4.79 Å². The fraction of sp³-hybridized carbons (Fsp3) is 0.800. The SMILES string of the molecule is CCNC(=O)N1C[C@@H](c2nc(C(C)C)n[nH]2)[C@H](C2CC2)C1. The maximum Gasteiger partial charge on any atom is 0.317 e. The largest absolute Gasteiger partial charge is 0.338 e. The Morgan fingerprint density at radius 2 is 2.19 bits per heavy atom. The van der Waals surface area contributed by atoms with E-state index in [1.54, 1.807) is 0 Å². The smallest absolute Gasteiger partial charge is 0.317 e. The Morgan fingerprint density at radius 1 is 1.43 bits per heavy atom. The molecule has 2 atom stereocenters. The van der Waals surface area contributed by atoms with Crippen molar-refractivity contribution in [2.24, 2.45) is 11.8 Å². The van der Waals surface area contributed by atoms with E-state index in [-0.39, 0.29) is 6.03 Å². The average Bonchev–Trinajstić information content (AvgIpc) is 3.02. The molecule has 116 valence electrons. The molecule has 2 fully saturated rings. The average molecular weight is 291 g/mol. The molecule has 2 heterocycles. The second-order valence-corrected chi connectivity index (χ2v) is 6.58. The van der Waals surface area contributed by atoms with Gasteiger partial charge in [0.1, 0.15) is 5.82 Å². The van der Waals surface area contributed by atoms with Gasteiger partial charge in [-0.25, -0.2) is 9.78 Å². The van der Waals surface area contributed by atoms with Gasteiger partial charge in [0, 0.05) is 31.5 Å². The van der Waals surface area contributed by atoms with Crippen LogP contribution in [0.25, 0.3) is 0 Å². The molecule has 1 aliphatic heterocycles. The molecular formula is C15H25N5O. The van der Waals surface area contributed by atoms with Crippen LogP contribution in [0.2, 0.25) is 0 Å². The molecular weight excluding hydrogens is 266 g/mol. The molecule has 6 heteroatoms. The molecule has 1 aromatic rings. The fourth-order valence-corrected chi connectivity index (χ4v) is 3.26. The number of hydrogen-bond donors (Lipinski definition) is 2. The highest BCUT2D eigenvalue weighted by Crippen LogP contribution is 2.47. The van der Waals surface area contributed by atoms with Crippen molar-refractivity contribution in [2.45, 2.75) is 45.4 Å². The molecule has 0 radical (unpaired) electrons. The fourth-order valence-electron chi connectivity index (χ4n) is 3.26. The molecule has 1 aliphatic carbocycles. The Kier molecular flexibility index (Phi) is 3.87. The highest BCUT2D eigenvalue weighted by atomic mass is 16.2. The van der Waals surface area contributed by atoms with E-state index in [4.69, 9.17) is 0 Å². The maximum atomic E-state index is 12.1. The van der Waals surface area contributed by atoms with E-state index >= 15 is 0 Å². The number of hydrogen-bond acceptors (Lipinski definition) is 3. The Morgan fingerprint density at radius 3 is 2.76 bits per heavy atom. The van der Waals surface area contributed by atoms with Crippen LogP contribution in [0.1, 0.15) is 57.1 Å². The minimum atomic E-state index is 0.0502. The van der Waals surface area contributed by atoms with E-state index < -0.39 is 0 Å². The Balaban J connectivity index is 1.76. The van der Waals surface area contributed by atoms with Gasteiger partial charge >= 0.3 is 6.03 Å². The van der Waals surface area contributed by atoms with Gasteiger partial charge in [0.2, 0.25) is 0 Å². The summed E-state index contributed by atoms with van der Waals surface area (Å²) < 4.78 is 0. The maximum absolute atomic E-state index is 12.1. The van der Waals surface area contributed by atoms with E-state index in [0.29, 0.717) is 24.3 Å². The van der Waals surface area contributed by atoms with Crippen LogP contribution >= 0.6 is 0 Å². The van der Waals surface area contributed by atoms with Gasteiger partial charge in [-0.2, -0.15) is 5.10 Å². The summed E-state index contributed by atoms with van der Waals surface area (Å²) >= 11 is 0. The lowest BCUT2D eigenvalue weighted by molar-refractivity contribution is 0.207. The third-order valence-electron chi connectivity index (χ3n) is 4.60. The number of urea groups is 1. The third kappa shape index (κ3) is 2.89. The predicted octanol–water partition coefficient (Wildman–Crippen LogP) is 2.08. The van der Waals surface area contributed by atoms with E-state index in [0.717, 1.165) is 30.7 Å². The summed E-state index contributed by atoms with van der Waals surface area (Å²) in [5.74, 6) is 3.75. The van der Waals surface area contributed by atoms with Crippen molar-refractivity contribution < 1.29 is 4.79 Å². The summed E-state index contributed by atoms with van der Waals surface area (Å²) in [5.41, 5.74) is 0. The first-order chi connectivity index (χ1) is 10.1. The summed E-state index contributed by atoms with van der Waals surface area (Å²) in [5, 5.41) is 10.3. The number of carbonyl (C=O) groups is 1. The highest BCUT2D eigenvalue weighted by Gasteiger charge is 2.45. The highest BCUT2D eigenvalue weighted by molar-refractivity contribution is 5.74. The van der Waals surface area contributed by atoms with Crippen molar-refractivity contribution in [3.63, 3.8) is 0 Å². The van der Waals surface area contributed by atoms with Crippen LogP contribution in [0.3, 0.4) is 0 Å². The molecule has 3 rings (SSSR count). The standard InChI is InChI=1S/C15H25N5O/c1-4-16-15(21)20-7-11(10-5-6-10)12(8-20)14-17-13(9(2)3)18-19-14/h9-12H,4-8H2,1-3H3,(H,16,21)(H,17,18,19)/t11-,12+/m0/s1. The number of H-pyrrole nitrogens is 1. The van der Waals surface area contributed by atoms with Gasteiger partial charge in [-0.05, 0) is 31.6 Å². The normalized spacial score (nSPS) is 25.6. The Bertz CT molecular complexity index is 508. The molecule has 1 saturated carbocycles. The second-order valence-electron chi connectivity index (χ2n) is 6.58. The van der Waals surface area contributed by atoms with Crippen molar-refractivity contribution in [1.29, 1.82) is 0 Å². The molecule has 1 saturated heterocycles. The summed E-state index contributed by atoms with van der Waals surface area (Å²) in [6.45, 7) is 8.42. The quantitative estimate of drug-likeness (QED) is 0.892. The minimum Gasteiger partial charge on any atom is -0.338 e. The number of nitrogens with one attached hydrogen (secondary N) is 2. The van der Waals surface area contributed by atoms with E-state index in [1.807, 2.05) is 11.8 Å². The van der Waals surface area contributed by atoms with Gasteiger partial charge < -0.3 is 10.2 Å². The topological polar surface area (TPSA) is 73.9 Å². The van der Waals surface area contributed by atoms with E-state index in [1.165, 1.54) is 12.8 Å². The van der Waals surface area contributed by atoms with E-state index in [2.05, 4.69) is 34.3 Å². The van der Waals surface area contributed by atoms with Crippen LogP contribution in [0, 0.1) is 11.8 Å². The summed E-state index contributed by atoms with van der Waals surface area (Å²) in [6, 6.07) is 0.0502. The number of aromatic amines is 1. The zero-order valence-electron chi connectivity index (χ0n) is 13.1. The molecule has 21 heavy (non-hydrogen) atoms. The Hall–Kier alpha value is -1.59. The summed E-state index contributed by atoms with van der Waals surface area (Å²) in [4.78, 5) is 18.7. The number of rotatable bonds is 4. The minimum absolute atomic E-state index is 0.0502. The van der Waals surface area contributed by atoms with Gasteiger partial charge in [0.25, 0.3) is 0 Å². The predicted molar refractivity (Wildman–Crippen MR) is 80.1 cm³/mol. The zero-order valence-corrected chi connectivity index (χ0v) is 13.1. The van der Waals surface area contributed by atoms with Crippen molar-refractivity contribution in [2.75, 3.05) is 19.6 Å². The molecule has 2 amide bonds.